The molecule has 1 N–H and O–H groups in total. The fraction of sp³-hybridized carbons (Fsp3) is 0.154. The maximum absolute atomic E-state index is 9.43. The molecule has 0 aliphatic heterocycles. The Kier molecular flexibility index (Phi) is 6.69. The van der Waals surface area contributed by atoms with Crippen molar-refractivity contribution in [3.05, 3.63) is 95.7 Å². The Balaban J connectivity index is 1.37. The Hall–Kier alpha value is -4.24. The highest BCUT2D eigenvalue weighted by molar-refractivity contribution is 5.59. The van der Waals surface area contributed by atoms with Gasteiger partial charge in [-0.1, -0.05) is 42.5 Å². The number of nitriles is 1. The third kappa shape index (κ3) is 5.27. The number of anilines is 1. The zero-order chi connectivity index (χ0) is 22.2. The van der Waals surface area contributed by atoms with Gasteiger partial charge in [-0.3, -0.25) is 0 Å². The number of nitrogens with one attached hydrogen (secondary N) is 1. The molecule has 0 spiro atoms. The van der Waals surface area contributed by atoms with Crippen LogP contribution in [0.1, 0.15) is 16.8 Å². The topological polar surface area (TPSA) is 80.3 Å². The molecule has 0 saturated carbocycles. The van der Waals surface area contributed by atoms with E-state index in [1.54, 1.807) is 7.11 Å². The number of ether oxygens (including phenoxy) is 2. The fourth-order valence-electron chi connectivity index (χ4n) is 3.19. The summed E-state index contributed by atoms with van der Waals surface area (Å²) in [4.78, 5) is 4.32. The molecule has 0 atom stereocenters. The van der Waals surface area contributed by atoms with Crippen molar-refractivity contribution in [2.24, 2.45) is 0 Å². The molecule has 32 heavy (non-hydrogen) atoms. The molecule has 0 radical (unpaired) electrons. The first-order valence-electron chi connectivity index (χ1n) is 10.3. The number of hydrogen-bond donors (Lipinski definition) is 1. The maximum Gasteiger partial charge on any atom is 0.232 e. The van der Waals surface area contributed by atoms with E-state index in [9.17, 15) is 5.26 Å². The lowest BCUT2D eigenvalue weighted by Gasteiger charge is -2.06. The minimum atomic E-state index is 0.235. The Morgan fingerprint density at radius 1 is 0.906 bits per heavy atom. The van der Waals surface area contributed by atoms with Gasteiger partial charge in [0.2, 0.25) is 17.5 Å². The maximum atomic E-state index is 9.43. The van der Waals surface area contributed by atoms with Crippen molar-refractivity contribution in [3.8, 4) is 29.0 Å². The van der Waals surface area contributed by atoms with Crippen LogP contribution in [0.5, 0.6) is 11.5 Å². The lowest BCUT2D eigenvalue weighted by molar-refractivity contribution is 0.306. The van der Waals surface area contributed by atoms with Crippen LogP contribution in [0.4, 0.5) is 5.88 Å². The second-order valence-corrected chi connectivity index (χ2v) is 7.13. The molecular weight excluding hydrogens is 402 g/mol. The number of oxazole rings is 1. The molecule has 0 fully saturated rings. The molecule has 0 aliphatic carbocycles. The van der Waals surface area contributed by atoms with Gasteiger partial charge < -0.3 is 19.2 Å². The van der Waals surface area contributed by atoms with Gasteiger partial charge in [-0.05, 0) is 53.9 Å². The van der Waals surface area contributed by atoms with Crippen LogP contribution in [0.3, 0.4) is 0 Å². The molecule has 1 heterocycles. The SMILES string of the molecule is COc1ccc(CCNc2oc(-c3ccc(OCc4ccccc4)cc3)nc2C#N)cc1. The van der Waals surface area contributed by atoms with E-state index in [2.05, 4.69) is 16.4 Å². The van der Waals surface area contributed by atoms with Gasteiger partial charge in [0.15, 0.2) is 0 Å². The lowest BCUT2D eigenvalue weighted by atomic mass is 10.1. The normalized spacial score (nSPS) is 10.4. The highest BCUT2D eigenvalue weighted by Gasteiger charge is 2.14. The molecule has 0 amide bonds. The molecule has 4 aromatic rings. The molecule has 0 aliphatic rings. The standard InChI is InChI=1S/C26H23N3O3/c1-30-22-11-7-19(8-12-22)15-16-28-26-24(17-27)29-25(32-26)21-9-13-23(14-10-21)31-18-20-5-3-2-4-6-20/h2-14,28H,15-16,18H2,1H3. The zero-order valence-electron chi connectivity index (χ0n) is 17.7. The highest BCUT2D eigenvalue weighted by atomic mass is 16.5. The van der Waals surface area contributed by atoms with Crippen molar-refractivity contribution in [1.29, 1.82) is 5.26 Å². The van der Waals surface area contributed by atoms with E-state index >= 15 is 0 Å². The Bertz CT molecular complexity index is 1180. The summed E-state index contributed by atoms with van der Waals surface area (Å²) in [6.45, 7) is 1.11. The van der Waals surface area contributed by atoms with Crippen molar-refractivity contribution >= 4 is 5.88 Å². The highest BCUT2D eigenvalue weighted by Crippen LogP contribution is 2.27. The third-order valence-corrected chi connectivity index (χ3v) is 4.94. The van der Waals surface area contributed by atoms with Gasteiger partial charge in [0.1, 0.15) is 24.2 Å². The summed E-state index contributed by atoms with van der Waals surface area (Å²) >= 11 is 0. The van der Waals surface area contributed by atoms with Gasteiger partial charge in [-0.25, -0.2) is 0 Å². The molecule has 6 nitrogen and oxygen atoms in total. The van der Waals surface area contributed by atoms with Crippen LogP contribution < -0.4 is 14.8 Å². The van der Waals surface area contributed by atoms with E-state index in [4.69, 9.17) is 13.9 Å². The van der Waals surface area contributed by atoms with E-state index in [0.717, 1.165) is 34.6 Å². The van der Waals surface area contributed by atoms with Crippen molar-refractivity contribution < 1.29 is 13.9 Å². The molecule has 0 saturated heterocycles. The van der Waals surface area contributed by atoms with Crippen LogP contribution in [-0.4, -0.2) is 18.6 Å². The monoisotopic (exact) mass is 425 g/mol. The first-order chi connectivity index (χ1) is 15.7. The van der Waals surface area contributed by atoms with Gasteiger partial charge in [0.25, 0.3) is 0 Å². The number of nitrogens with zero attached hydrogens (tertiary/aromatic N) is 2. The van der Waals surface area contributed by atoms with Gasteiger partial charge in [0, 0.05) is 12.1 Å². The minimum Gasteiger partial charge on any atom is -0.497 e. The largest absolute Gasteiger partial charge is 0.497 e. The number of aromatic nitrogens is 1. The van der Waals surface area contributed by atoms with E-state index in [0.29, 0.717) is 24.9 Å². The summed E-state index contributed by atoms with van der Waals surface area (Å²) < 4.78 is 16.8. The average molecular weight is 425 g/mol. The summed E-state index contributed by atoms with van der Waals surface area (Å²) in [5, 5.41) is 12.6. The first-order valence-corrected chi connectivity index (χ1v) is 10.3. The predicted octanol–water partition coefficient (Wildman–Crippen LogP) is 5.46. The molecule has 6 heteroatoms. The van der Waals surface area contributed by atoms with Crippen LogP contribution in [0, 0.1) is 11.3 Å². The summed E-state index contributed by atoms with van der Waals surface area (Å²) in [5.74, 6) is 2.34. The quantitative estimate of drug-likeness (QED) is 0.384. The summed E-state index contributed by atoms with van der Waals surface area (Å²) in [6.07, 6.45) is 0.776. The number of rotatable bonds is 9. The number of methoxy groups -OCH3 is 1. The fourth-order valence-corrected chi connectivity index (χ4v) is 3.19. The predicted molar refractivity (Wildman–Crippen MR) is 123 cm³/mol. The van der Waals surface area contributed by atoms with Crippen LogP contribution in [0.25, 0.3) is 11.5 Å². The zero-order valence-corrected chi connectivity index (χ0v) is 17.7. The first kappa shape index (κ1) is 21.0. The Morgan fingerprint density at radius 3 is 2.31 bits per heavy atom. The Labute approximate surface area is 187 Å². The smallest absolute Gasteiger partial charge is 0.232 e. The molecule has 0 bridgehead atoms. The molecule has 0 unspecified atom stereocenters. The second-order valence-electron chi connectivity index (χ2n) is 7.13. The summed E-state index contributed by atoms with van der Waals surface area (Å²) in [7, 11) is 1.65. The van der Waals surface area contributed by atoms with Crippen molar-refractivity contribution in [3.63, 3.8) is 0 Å². The van der Waals surface area contributed by atoms with Crippen LogP contribution >= 0.6 is 0 Å². The number of benzene rings is 3. The van der Waals surface area contributed by atoms with E-state index in [-0.39, 0.29) is 5.69 Å². The van der Waals surface area contributed by atoms with Gasteiger partial charge in [0.05, 0.1) is 7.11 Å². The van der Waals surface area contributed by atoms with Gasteiger partial charge >= 0.3 is 0 Å². The summed E-state index contributed by atoms with van der Waals surface area (Å²) in [5.41, 5.74) is 3.27. The van der Waals surface area contributed by atoms with Crippen molar-refractivity contribution in [1.82, 2.24) is 4.98 Å². The van der Waals surface area contributed by atoms with Crippen molar-refractivity contribution in [2.45, 2.75) is 13.0 Å². The summed E-state index contributed by atoms with van der Waals surface area (Å²) in [6, 6.07) is 27.4. The van der Waals surface area contributed by atoms with Crippen LogP contribution in [-0.2, 0) is 13.0 Å². The lowest BCUT2D eigenvalue weighted by Crippen LogP contribution is -2.05. The van der Waals surface area contributed by atoms with Crippen molar-refractivity contribution in [2.75, 3.05) is 19.0 Å². The molecule has 160 valence electrons. The van der Waals surface area contributed by atoms with E-state index in [1.807, 2.05) is 78.9 Å². The van der Waals surface area contributed by atoms with Gasteiger partial charge in [-0.2, -0.15) is 10.2 Å². The molecule has 3 aromatic carbocycles. The van der Waals surface area contributed by atoms with E-state index < -0.39 is 0 Å². The molecule has 1 aromatic heterocycles. The Morgan fingerprint density at radius 2 is 1.62 bits per heavy atom. The minimum absolute atomic E-state index is 0.235. The van der Waals surface area contributed by atoms with Gasteiger partial charge in [-0.15, -0.1) is 0 Å². The van der Waals surface area contributed by atoms with Crippen LogP contribution in [0.2, 0.25) is 0 Å². The average Bonchev–Trinajstić information content (AvgIpc) is 3.27. The van der Waals surface area contributed by atoms with Crippen LogP contribution in [0.15, 0.2) is 83.3 Å². The molecular formula is C26H23N3O3. The van der Waals surface area contributed by atoms with E-state index in [1.165, 1.54) is 0 Å². The second kappa shape index (κ2) is 10.2. The third-order valence-electron chi connectivity index (χ3n) is 4.94. The number of hydrogen-bond acceptors (Lipinski definition) is 6. The molecule has 4 rings (SSSR count).